The van der Waals surface area contributed by atoms with Gasteiger partial charge in [0.15, 0.2) is 5.69 Å². The summed E-state index contributed by atoms with van der Waals surface area (Å²) in [4.78, 5) is 35.5. The smallest absolute Gasteiger partial charge is 0.272 e. The molecule has 4 heterocycles. The molecule has 174 valence electrons. The van der Waals surface area contributed by atoms with Gasteiger partial charge in [0.05, 0.1) is 19.7 Å². The van der Waals surface area contributed by atoms with E-state index >= 15 is 0 Å². The maximum Gasteiger partial charge on any atom is 0.272 e. The van der Waals surface area contributed by atoms with Gasteiger partial charge >= 0.3 is 0 Å². The number of rotatable bonds is 7. The van der Waals surface area contributed by atoms with Crippen LogP contribution in [0.1, 0.15) is 37.8 Å². The summed E-state index contributed by atoms with van der Waals surface area (Å²) in [5, 5.41) is 8.53. The molecule has 9 nitrogen and oxygen atoms in total. The SMILES string of the molecule is COCCn1nc(C(=O)NCc2cccnc2)c2c1CCN(C(=O)c1cc3ccccc3[nH]1)C2. The minimum absolute atomic E-state index is 0.0896. The zero-order valence-corrected chi connectivity index (χ0v) is 19.0. The molecule has 0 aliphatic carbocycles. The summed E-state index contributed by atoms with van der Waals surface area (Å²) in [7, 11) is 1.64. The third-order valence-corrected chi connectivity index (χ3v) is 6.08. The molecule has 2 amide bonds. The van der Waals surface area contributed by atoms with Crippen molar-refractivity contribution in [1.29, 1.82) is 0 Å². The molecule has 2 N–H and O–H groups in total. The normalized spacial score (nSPS) is 13.1. The lowest BCUT2D eigenvalue weighted by Crippen LogP contribution is -2.37. The minimum atomic E-state index is -0.267. The van der Waals surface area contributed by atoms with E-state index in [1.165, 1.54) is 0 Å². The van der Waals surface area contributed by atoms with Gasteiger partial charge in [0.25, 0.3) is 11.8 Å². The summed E-state index contributed by atoms with van der Waals surface area (Å²) in [5.41, 5.74) is 4.48. The number of amides is 2. The van der Waals surface area contributed by atoms with Gasteiger partial charge in [-0.25, -0.2) is 0 Å². The molecule has 4 aromatic rings. The van der Waals surface area contributed by atoms with Crippen molar-refractivity contribution in [3.8, 4) is 0 Å². The Hall–Kier alpha value is -3.98. The lowest BCUT2D eigenvalue weighted by atomic mass is 10.0. The van der Waals surface area contributed by atoms with Crippen molar-refractivity contribution in [1.82, 2.24) is 30.0 Å². The molecule has 1 aliphatic heterocycles. The highest BCUT2D eigenvalue weighted by atomic mass is 16.5. The van der Waals surface area contributed by atoms with E-state index in [1.54, 1.807) is 24.4 Å². The number of benzene rings is 1. The number of nitrogens with one attached hydrogen (secondary N) is 2. The first-order valence-corrected chi connectivity index (χ1v) is 11.3. The third-order valence-electron chi connectivity index (χ3n) is 6.08. The standard InChI is InChI=1S/C25H26N6O3/c1-34-12-11-31-22-8-10-30(25(33)21-13-18-6-2-3-7-20(18)28-21)16-19(22)23(29-31)24(32)27-15-17-5-4-9-26-14-17/h2-7,9,13-14,28H,8,10-12,15-16H2,1H3,(H,27,32). The summed E-state index contributed by atoms with van der Waals surface area (Å²) in [6, 6.07) is 13.4. The number of hydrogen-bond donors (Lipinski definition) is 2. The van der Waals surface area contributed by atoms with E-state index in [9.17, 15) is 9.59 Å². The number of para-hydroxylation sites is 1. The van der Waals surface area contributed by atoms with Crippen LogP contribution in [-0.4, -0.2) is 56.7 Å². The van der Waals surface area contributed by atoms with E-state index < -0.39 is 0 Å². The van der Waals surface area contributed by atoms with E-state index in [-0.39, 0.29) is 11.8 Å². The second kappa shape index (κ2) is 9.48. The van der Waals surface area contributed by atoms with E-state index in [4.69, 9.17) is 4.74 Å². The molecule has 1 aliphatic rings. The number of methoxy groups -OCH3 is 1. The number of ether oxygens (including phenoxy) is 1. The molecule has 0 fully saturated rings. The van der Waals surface area contributed by atoms with Gasteiger partial charge < -0.3 is 19.9 Å². The number of nitrogens with zero attached hydrogens (tertiary/aromatic N) is 4. The Bertz CT molecular complexity index is 1290. The Morgan fingerprint density at radius 1 is 1.21 bits per heavy atom. The summed E-state index contributed by atoms with van der Waals surface area (Å²) >= 11 is 0. The van der Waals surface area contributed by atoms with E-state index in [2.05, 4.69) is 20.4 Å². The molecule has 0 spiro atoms. The predicted octanol–water partition coefficient (Wildman–Crippen LogP) is 2.53. The zero-order valence-electron chi connectivity index (χ0n) is 19.0. The number of hydrogen-bond acceptors (Lipinski definition) is 5. The van der Waals surface area contributed by atoms with Crippen LogP contribution in [0.15, 0.2) is 54.9 Å². The van der Waals surface area contributed by atoms with Crippen LogP contribution in [-0.2, 0) is 30.8 Å². The average molecular weight is 459 g/mol. The first-order valence-electron chi connectivity index (χ1n) is 11.3. The quantitative estimate of drug-likeness (QED) is 0.443. The number of fused-ring (bicyclic) bond motifs is 2. The second-order valence-corrected chi connectivity index (χ2v) is 8.28. The molecule has 0 saturated heterocycles. The van der Waals surface area contributed by atoms with E-state index in [0.717, 1.165) is 27.7 Å². The molecule has 34 heavy (non-hydrogen) atoms. The van der Waals surface area contributed by atoms with Crippen molar-refractivity contribution < 1.29 is 14.3 Å². The summed E-state index contributed by atoms with van der Waals surface area (Å²) in [5.74, 6) is -0.357. The molecule has 1 aromatic carbocycles. The van der Waals surface area contributed by atoms with Crippen LogP contribution in [0.5, 0.6) is 0 Å². The highest BCUT2D eigenvalue weighted by Gasteiger charge is 2.31. The van der Waals surface area contributed by atoms with Crippen molar-refractivity contribution in [2.75, 3.05) is 20.3 Å². The van der Waals surface area contributed by atoms with Gasteiger partial charge in [-0.1, -0.05) is 24.3 Å². The van der Waals surface area contributed by atoms with Crippen LogP contribution in [0.2, 0.25) is 0 Å². The van der Waals surface area contributed by atoms with Gasteiger partial charge in [-0.15, -0.1) is 0 Å². The predicted molar refractivity (Wildman–Crippen MR) is 126 cm³/mol. The lowest BCUT2D eigenvalue weighted by Gasteiger charge is -2.27. The molecule has 3 aromatic heterocycles. The molecule has 0 unspecified atom stereocenters. The Morgan fingerprint density at radius 2 is 2.09 bits per heavy atom. The van der Waals surface area contributed by atoms with Crippen LogP contribution >= 0.6 is 0 Å². The summed E-state index contributed by atoms with van der Waals surface area (Å²) < 4.78 is 7.06. The maximum absolute atomic E-state index is 13.3. The molecule has 0 saturated carbocycles. The van der Waals surface area contributed by atoms with Crippen LogP contribution in [0, 0.1) is 0 Å². The summed E-state index contributed by atoms with van der Waals surface area (Å²) in [6.07, 6.45) is 4.03. The number of carbonyl (C=O) groups is 2. The van der Waals surface area contributed by atoms with Gasteiger partial charge in [0.2, 0.25) is 0 Å². The monoisotopic (exact) mass is 458 g/mol. The molecule has 0 bridgehead atoms. The second-order valence-electron chi connectivity index (χ2n) is 8.28. The highest BCUT2D eigenvalue weighted by Crippen LogP contribution is 2.25. The number of H-pyrrole nitrogens is 1. The van der Waals surface area contributed by atoms with Gasteiger partial charge in [-0.3, -0.25) is 19.3 Å². The number of aromatic amines is 1. The first kappa shape index (κ1) is 21.8. The lowest BCUT2D eigenvalue weighted by molar-refractivity contribution is 0.0725. The molecule has 0 atom stereocenters. The van der Waals surface area contributed by atoms with Gasteiger partial charge in [0, 0.05) is 61.2 Å². The molecule has 5 rings (SSSR count). The first-order chi connectivity index (χ1) is 16.6. The van der Waals surface area contributed by atoms with Crippen molar-refractivity contribution in [2.45, 2.75) is 26.1 Å². The fourth-order valence-electron chi connectivity index (χ4n) is 4.34. The summed E-state index contributed by atoms with van der Waals surface area (Å²) in [6.45, 7) is 2.26. The Morgan fingerprint density at radius 3 is 2.88 bits per heavy atom. The van der Waals surface area contributed by atoms with Gasteiger partial charge in [0.1, 0.15) is 5.69 Å². The Kier molecular flexibility index (Phi) is 6.09. The van der Waals surface area contributed by atoms with Gasteiger partial charge in [-0.2, -0.15) is 5.10 Å². The third kappa shape index (κ3) is 4.29. The van der Waals surface area contributed by atoms with E-state index in [1.807, 2.05) is 47.1 Å². The fraction of sp³-hybridized carbons (Fsp3) is 0.280. The largest absolute Gasteiger partial charge is 0.383 e. The fourth-order valence-corrected chi connectivity index (χ4v) is 4.34. The number of pyridine rings is 1. The topological polar surface area (TPSA) is 105 Å². The molecular formula is C25H26N6O3. The average Bonchev–Trinajstić information content (AvgIpc) is 3.47. The van der Waals surface area contributed by atoms with E-state index in [0.29, 0.717) is 50.6 Å². The van der Waals surface area contributed by atoms with Crippen LogP contribution in [0.3, 0.4) is 0 Å². The molecule has 0 radical (unpaired) electrons. The van der Waals surface area contributed by atoms with Crippen molar-refractivity contribution >= 4 is 22.7 Å². The van der Waals surface area contributed by atoms with Crippen molar-refractivity contribution in [3.05, 3.63) is 83.1 Å². The van der Waals surface area contributed by atoms with Crippen molar-refractivity contribution in [3.63, 3.8) is 0 Å². The van der Waals surface area contributed by atoms with Crippen molar-refractivity contribution in [2.24, 2.45) is 0 Å². The number of carbonyl (C=O) groups excluding carboxylic acids is 2. The molecular weight excluding hydrogens is 432 g/mol. The Labute approximate surface area is 196 Å². The maximum atomic E-state index is 13.3. The molecule has 9 heteroatoms. The van der Waals surface area contributed by atoms with Crippen LogP contribution in [0.4, 0.5) is 0 Å². The minimum Gasteiger partial charge on any atom is -0.383 e. The Balaban J connectivity index is 1.39. The van der Waals surface area contributed by atoms with Gasteiger partial charge in [-0.05, 0) is 23.8 Å². The van der Waals surface area contributed by atoms with Crippen LogP contribution in [0.25, 0.3) is 10.9 Å². The van der Waals surface area contributed by atoms with Crippen LogP contribution < -0.4 is 5.32 Å². The zero-order chi connectivity index (χ0) is 23.5. The highest BCUT2D eigenvalue weighted by molar-refractivity contribution is 5.98. The number of aromatic nitrogens is 4.